The lowest BCUT2D eigenvalue weighted by molar-refractivity contribution is 0.340. The smallest absolute Gasteiger partial charge is 0.271 e. The van der Waals surface area contributed by atoms with Gasteiger partial charge in [0, 0.05) is 18.5 Å². The number of nitrogens with zero attached hydrogens (tertiary/aromatic N) is 3. The van der Waals surface area contributed by atoms with Gasteiger partial charge in [-0.1, -0.05) is 0 Å². The van der Waals surface area contributed by atoms with Gasteiger partial charge in [0.2, 0.25) is 0 Å². The molecule has 0 spiro atoms. The number of hydrogen-bond donors (Lipinski definition) is 1. The molecule has 1 aromatic carbocycles. The Morgan fingerprint density at radius 2 is 2.10 bits per heavy atom. The Bertz CT molecular complexity index is 754. The number of rotatable bonds is 5. The molecule has 0 atom stereocenters. The summed E-state index contributed by atoms with van der Waals surface area (Å²) in [5.41, 5.74) is 1.52. The first-order chi connectivity index (χ1) is 10.3. The Balaban J connectivity index is 1.85. The molecule has 21 heavy (non-hydrogen) atoms. The third-order valence-electron chi connectivity index (χ3n) is 3.09. The first kappa shape index (κ1) is 13.2. The molecule has 0 aliphatic rings. The van der Waals surface area contributed by atoms with Gasteiger partial charge in [-0.25, -0.2) is 9.67 Å². The summed E-state index contributed by atoms with van der Waals surface area (Å²) in [7, 11) is 0. The van der Waals surface area contributed by atoms with Gasteiger partial charge >= 0.3 is 0 Å². The van der Waals surface area contributed by atoms with Gasteiger partial charge in [0.05, 0.1) is 30.9 Å². The van der Waals surface area contributed by atoms with E-state index in [2.05, 4.69) is 10.1 Å². The molecule has 2 aromatic heterocycles. The lowest BCUT2D eigenvalue weighted by Crippen LogP contribution is -2.13. The van der Waals surface area contributed by atoms with Crippen molar-refractivity contribution < 1.29 is 4.74 Å². The molecule has 6 nitrogen and oxygen atoms in total. The van der Waals surface area contributed by atoms with Crippen molar-refractivity contribution in [3.8, 4) is 11.4 Å². The number of nitrogens with one attached hydrogen (secondary N) is 1. The van der Waals surface area contributed by atoms with Crippen molar-refractivity contribution in [1.29, 1.82) is 0 Å². The molecule has 108 valence electrons. The number of hydrogen-bond acceptors (Lipinski definition) is 3. The highest BCUT2D eigenvalue weighted by Gasteiger charge is 2.06. The third kappa shape index (κ3) is 2.89. The highest BCUT2D eigenvalue weighted by atomic mass is 16.5. The molecule has 0 saturated heterocycles. The van der Waals surface area contributed by atoms with E-state index in [9.17, 15) is 4.79 Å². The van der Waals surface area contributed by atoms with Crippen molar-refractivity contribution >= 4 is 0 Å². The van der Waals surface area contributed by atoms with E-state index in [1.165, 1.54) is 4.68 Å². The van der Waals surface area contributed by atoms with Crippen molar-refractivity contribution in [3.05, 3.63) is 65.1 Å². The summed E-state index contributed by atoms with van der Waals surface area (Å²) in [6.45, 7) is 3.14. The summed E-state index contributed by atoms with van der Waals surface area (Å²) in [5, 5.41) is 3.10. The molecule has 0 amide bonds. The topological polar surface area (TPSA) is 64.8 Å². The van der Waals surface area contributed by atoms with Crippen LogP contribution in [0.25, 0.3) is 5.69 Å². The van der Waals surface area contributed by atoms with Gasteiger partial charge in [0.25, 0.3) is 5.56 Å². The van der Waals surface area contributed by atoms with E-state index < -0.39 is 0 Å². The number of imidazole rings is 1. The fourth-order valence-corrected chi connectivity index (χ4v) is 2.15. The second-order valence-electron chi connectivity index (χ2n) is 4.62. The van der Waals surface area contributed by atoms with Crippen LogP contribution in [0.2, 0.25) is 0 Å². The van der Waals surface area contributed by atoms with Crippen LogP contribution in [-0.2, 0) is 6.54 Å². The Morgan fingerprint density at radius 3 is 2.76 bits per heavy atom. The molecule has 0 aliphatic heterocycles. The van der Waals surface area contributed by atoms with Crippen LogP contribution in [0.15, 0.2) is 53.8 Å². The number of benzene rings is 1. The van der Waals surface area contributed by atoms with Crippen molar-refractivity contribution in [2.45, 2.75) is 13.5 Å². The highest BCUT2D eigenvalue weighted by Crippen LogP contribution is 2.14. The van der Waals surface area contributed by atoms with Crippen LogP contribution in [0.1, 0.15) is 12.6 Å². The predicted molar refractivity (Wildman–Crippen MR) is 78.9 cm³/mol. The van der Waals surface area contributed by atoms with Gasteiger partial charge in [0.1, 0.15) is 5.75 Å². The standard InChI is InChI=1S/C15H16N4O2/c1-2-21-14-5-3-13(4-6-14)19-15(20)9-12(17-19)10-18-8-7-16-11-18/h3-9,11,17H,2,10H2,1H3. The second-order valence-corrected chi connectivity index (χ2v) is 4.62. The van der Waals surface area contributed by atoms with E-state index in [0.29, 0.717) is 13.2 Å². The van der Waals surface area contributed by atoms with Crippen LogP contribution in [0, 0.1) is 0 Å². The van der Waals surface area contributed by atoms with Crippen molar-refractivity contribution in [3.63, 3.8) is 0 Å². The lowest BCUT2D eigenvalue weighted by Gasteiger charge is -2.05. The Morgan fingerprint density at radius 1 is 1.29 bits per heavy atom. The molecule has 6 heteroatoms. The summed E-state index contributed by atoms with van der Waals surface area (Å²) in [6, 6.07) is 8.99. The second kappa shape index (κ2) is 5.70. The van der Waals surface area contributed by atoms with Gasteiger partial charge in [-0.15, -0.1) is 0 Å². The molecule has 0 saturated carbocycles. The molecule has 0 fully saturated rings. The average molecular weight is 284 g/mol. The Hall–Kier alpha value is -2.76. The number of aromatic amines is 1. The van der Waals surface area contributed by atoms with Crippen LogP contribution >= 0.6 is 0 Å². The van der Waals surface area contributed by atoms with Crippen LogP contribution in [-0.4, -0.2) is 25.9 Å². The maximum absolute atomic E-state index is 12.1. The van der Waals surface area contributed by atoms with Gasteiger partial charge in [0.15, 0.2) is 0 Å². The monoisotopic (exact) mass is 284 g/mol. The van der Waals surface area contributed by atoms with Gasteiger partial charge in [-0.05, 0) is 31.2 Å². The van der Waals surface area contributed by atoms with Crippen LogP contribution < -0.4 is 10.3 Å². The summed E-state index contributed by atoms with van der Waals surface area (Å²) in [5.74, 6) is 0.791. The quantitative estimate of drug-likeness (QED) is 0.777. The van der Waals surface area contributed by atoms with Gasteiger partial charge in [-0.2, -0.15) is 0 Å². The molecule has 0 unspecified atom stereocenters. The Labute approximate surface area is 121 Å². The molecule has 0 aliphatic carbocycles. The summed E-state index contributed by atoms with van der Waals surface area (Å²) >= 11 is 0. The average Bonchev–Trinajstić information content (AvgIpc) is 3.11. The van der Waals surface area contributed by atoms with Crippen molar-refractivity contribution in [1.82, 2.24) is 19.3 Å². The van der Waals surface area contributed by atoms with E-state index in [1.54, 1.807) is 18.6 Å². The van der Waals surface area contributed by atoms with E-state index in [4.69, 9.17) is 4.74 Å². The summed E-state index contributed by atoms with van der Waals surface area (Å²) in [6.07, 6.45) is 5.28. The molecular weight excluding hydrogens is 268 g/mol. The van der Waals surface area contributed by atoms with E-state index in [-0.39, 0.29) is 5.56 Å². The predicted octanol–water partition coefficient (Wildman–Crippen LogP) is 1.81. The zero-order valence-electron chi connectivity index (χ0n) is 11.7. The molecule has 0 radical (unpaired) electrons. The summed E-state index contributed by atoms with van der Waals surface area (Å²) in [4.78, 5) is 16.0. The normalized spacial score (nSPS) is 10.7. The molecular formula is C15H16N4O2. The van der Waals surface area contributed by atoms with E-state index in [0.717, 1.165) is 17.1 Å². The van der Waals surface area contributed by atoms with Crippen LogP contribution in [0.4, 0.5) is 0 Å². The van der Waals surface area contributed by atoms with Crippen molar-refractivity contribution in [2.24, 2.45) is 0 Å². The van der Waals surface area contributed by atoms with Crippen LogP contribution in [0.5, 0.6) is 5.75 Å². The molecule has 1 N–H and O–H groups in total. The molecule has 0 bridgehead atoms. The van der Waals surface area contributed by atoms with Gasteiger partial charge < -0.3 is 9.30 Å². The molecule has 3 rings (SSSR count). The fraction of sp³-hybridized carbons (Fsp3) is 0.200. The largest absolute Gasteiger partial charge is 0.494 e. The number of H-pyrrole nitrogens is 1. The zero-order chi connectivity index (χ0) is 14.7. The highest BCUT2D eigenvalue weighted by molar-refractivity contribution is 5.37. The minimum absolute atomic E-state index is 0.0886. The zero-order valence-corrected chi connectivity index (χ0v) is 11.7. The Kier molecular flexibility index (Phi) is 3.59. The lowest BCUT2D eigenvalue weighted by atomic mass is 10.3. The van der Waals surface area contributed by atoms with E-state index >= 15 is 0 Å². The first-order valence-electron chi connectivity index (χ1n) is 6.76. The third-order valence-corrected chi connectivity index (χ3v) is 3.09. The minimum Gasteiger partial charge on any atom is -0.494 e. The van der Waals surface area contributed by atoms with Crippen LogP contribution in [0.3, 0.4) is 0 Å². The number of aromatic nitrogens is 4. The van der Waals surface area contributed by atoms with E-state index in [1.807, 2.05) is 42.0 Å². The SMILES string of the molecule is CCOc1ccc(-n2[nH]c(Cn3ccnc3)cc2=O)cc1. The first-order valence-corrected chi connectivity index (χ1v) is 6.76. The fourth-order valence-electron chi connectivity index (χ4n) is 2.15. The molecule has 3 aromatic rings. The number of ether oxygens (including phenoxy) is 1. The minimum atomic E-state index is -0.0886. The maximum Gasteiger partial charge on any atom is 0.271 e. The van der Waals surface area contributed by atoms with Crippen molar-refractivity contribution in [2.75, 3.05) is 6.61 Å². The summed E-state index contributed by atoms with van der Waals surface area (Å²) < 4.78 is 8.81. The van der Waals surface area contributed by atoms with Gasteiger partial charge in [-0.3, -0.25) is 9.89 Å². The maximum atomic E-state index is 12.1. The molecule has 2 heterocycles.